The van der Waals surface area contributed by atoms with E-state index in [4.69, 9.17) is 10.5 Å². The maximum absolute atomic E-state index is 12.2. The molecule has 0 bridgehead atoms. The van der Waals surface area contributed by atoms with Crippen molar-refractivity contribution in [1.82, 2.24) is 5.32 Å². The lowest BCUT2D eigenvalue weighted by Gasteiger charge is -2.14. The van der Waals surface area contributed by atoms with Gasteiger partial charge >= 0.3 is 6.09 Å². The molecule has 0 saturated carbocycles. The summed E-state index contributed by atoms with van der Waals surface area (Å²) in [6.45, 7) is 2.70. The molecule has 0 spiro atoms. The van der Waals surface area contributed by atoms with Gasteiger partial charge in [0.1, 0.15) is 6.61 Å². The van der Waals surface area contributed by atoms with E-state index in [-0.39, 0.29) is 5.92 Å². The number of anilines is 1. The van der Waals surface area contributed by atoms with E-state index in [1.165, 1.54) is 22.3 Å². The SMILES string of the molecule is Cc1cc(C=CCNC(=O)OCC2c3ccccc3-c3ccccc32)ccc1N. The average Bonchev–Trinajstić information content (AvgIpc) is 3.06. The first kappa shape index (κ1) is 18.8. The Morgan fingerprint density at radius 3 is 2.34 bits per heavy atom. The molecular weight excluding hydrogens is 360 g/mol. The molecule has 4 heteroatoms. The number of carbonyl (C=O) groups is 1. The van der Waals surface area contributed by atoms with Gasteiger partial charge in [-0.2, -0.15) is 0 Å². The summed E-state index contributed by atoms with van der Waals surface area (Å²) in [7, 11) is 0. The van der Waals surface area contributed by atoms with Crippen LogP contribution < -0.4 is 11.1 Å². The molecule has 0 aliphatic heterocycles. The van der Waals surface area contributed by atoms with E-state index in [2.05, 4.69) is 29.6 Å². The largest absolute Gasteiger partial charge is 0.449 e. The molecule has 0 atom stereocenters. The number of hydrogen-bond acceptors (Lipinski definition) is 3. The summed E-state index contributed by atoms with van der Waals surface area (Å²) in [4.78, 5) is 12.2. The van der Waals surface area contributed by atoms with Crippen LogP contribution >= 0.6 is 0 Å². The second-order valence-electron chi connectivity index (χ2n) is 7.22. The van der Waals surface area contributed by atoms with Gasteiger partial charge in [-0.1, -0.05) is 72.8 Å². The highest BCUT2D eigenvalue weighted by Crippen LogP contribution is 2.44. The highest BCUT2D eigenvalue weighted by molar-refractivity contribution is 5.79. The number of carbonyl (C=O) groups excluding carboxylic acids is 1. The van der Waals surface area contributed by atoms with E-state index >= 15 is 0 Å². The lowest BCUT2D eigenvalue weighted by Crippen LogP contribution is -2.26. The Labute approximate surface area is 171 Å². The Morgan fingerprint density at radius 1 is 1.03 bits per heavy atom. The molecule has 4 rings (SSSR count). The van der Waals surface area contributed by atoms with Crippen molar-refractivity contribution in [2.75, 3.05) is 18.9 Å². The molecule has 29 heavy (non-hydrogen) atoms. The molecule has 0 radical (unpaired) electrons. The van der Waals surface area contributed by atoms with Gasteiger partial charge in [0.15, 0.2) is 0 Å². The van der Waals surface area contributed by atoms with Crippen LogP contribution in [-0.2, 0) is 4.74 Å². The third-order valence-corrected chi connectivity index (χ3v) is 5.31. The Hall–Kier alpha value is -3.53. The second kappa shape index (κ2) is 8.23. The van der Waals surface area contributed by atoms with Crippen LogP contribution in [0.3, 0.4) is 0 Å². The van der Waals surface area contributed by atoms with Crippen molar-refractivity contribution in [3.63, 3.8) is 0 Å². The average molecular weight is 384 g/mol. The molecule has 3 aromatic rings. The first-order chi connectivity index (χ1) is 14.1. The standard InChI is InChI=1S/C25H24N2O2/c1-17-15-18(12-13-24(17)26)7-6-14-27-25(28)29-16-23-21-10-4-2-8-19(21)20-9-3-5-11-22(20)23/h2-13,15,23H,14,16,26H2,1H3,(H,27,28). The van der Waals surface area contributed by atoms with Gasteiger partial charge in [-0.25, -0.2) is 4.79 Å². The minimum absolute atomic E-state index is 0.0708. The Bertz CT molecular complexity index is 1030. The minimum Gasteiger partial charge on any atom is -0.449 e. The van der Waals surface area contributed by atoms with Gasteiger partial charge < -0.3 is 15.8 Å². The lowest BCUT2D eigenvalue weighted by atomic mass is 9.98. The van der Waals surface area contributed by atoms with E-state index in [9.17, 15) is 4.79 Å². The zero-order valence-electron chi connectivity index (χ0n) is 16.4. The molecule has 1 aliphatic rings. The van der Waals surface area contributed by atoms with E-state index < -0.39 is 6.09 Å². The zero-order chi connectivity index (χ0) is 20.2. The van der Waals surface area contributed by atoms with Crippen molar-refractivity contribution in [3.05, 3.63) is 95.1 Å². The molecule has 3 N–H and O–H groups in total. The Morgan fingerprint density at radius 2 is 1.69 bits per heavy atom. The fraction of sp³-hybridized carbons (Fsp3) is 0.160. The number of alkyl carbamates (subject to hydrolysis) is 1. The van der Waals surface area contributed by atoms with E-state index in [0.29, 0.717) is 13.2 Å². The predicted octanol–water partition coefficient (Wildman–Crippen LogP) is 5.13. The molecule has 0 aromatic heterocycles. The third kappa shape index (κ3) is 4.02. The fourth-order valence-electron chi connectivity index (χ4n) is 3.79. The van der Waals surface area contributed by atoms with Crippen molar-refractivity contribution in [1.29, 1.82) is 0 Å². The molecule has 1 aliphatic carbocycles. The summed E-state index contributed by atoms with van der Waals surface area (Å²) in [5.74, 6) is 0.0708. The maximum Gasteiger partial charge on any atom is 0.407 e. The van der Waals surface area contributed by atoms with Gasteiger partial charge in [0.2, 0.25) is 0 Å². The summed E-state index contributed by atoms with van der Waals surface area (Å²) >= 11 is 0. The number of nitrogen functional groups attached to an aromatic ring is 1. The van der Waals surface area contributed by atoms with Crippen LogP contribution in [0, 0.1) is 6.92 Å². The van der Waals surface area contributed by atoms with Crippen molar-refractivity contribution in [3.8, 4) is 11.1 Å². The van der Waals surface area contributed by atoms with Gasteiger partial charge in [0.25, 0.3) is 0 Å². The summed E-state index contributed by atoms with van der Waals surface area (Å²) < 4.78 is 5.53. The van der Waals surface area contributed by atoms with Gasteiger partial charge in [0.05, 0.1) is 0 Å². The molecule has 0 fully saturated rings. The van der Waals surface area contributed by atoms with Gasteiger partial charge in [0, 0.05) is 18.2 Å². The zero-order valence-corrected chi connectivity index (χ0v) is 16.4. The summed E-state index contributed by atoms with van der Waals surface area (Å²) in [6, 6.07) is 22.5. The molecule has 3 aromatic carbocycles. The number of benzene rings is 3. The topological polar surface area (TPSA) is 64.3 Å². The Balaban J connectivity index is 1.33. The third-order valence-electron chi connectivity index (χ3n) is 5.31. The normalized spacial score (nSPS) is 12.6. The van der Waals surface area contributed by atoms with Crippen LogP contribution in [-0.4, -0.2) is 19.2 Å². The van der Waals surface area contributed by atoms with Crippen LogP contribution in [0.1, 0.15) is 28.2 Å². The van der Waals surface area contributed by atoms with Gasteiger partial charge in [-0.05, 0) is 46.4 Å². The molecule has 146 valence electrons. The number of amides is 1. The van der Waals surface area contributed by atoms with Crippen molar-refractivity contribution in [2.45, 2.75) is 12.8 Å². The van der Waals surface area contributed by atoms with E-state index in [1.54, 1.807) is 0 Å². The molecular formula is C25H24N2O2. The molecule has 1 amide bonds. The fourth-order valence-corrected chi connectivity index (χ4v) is 3.79. The van der Waals surface area contributed by atoms with Crippen LogP contribution in [0.5, 0.6) is 0 Å². The number of ether oxygens (including phenoxy) is 1. The molecule has 4 nitrogen and oxygen atoms in total. The highest BCUT2D eigenvalue weighted by Gasteiger charge is 2.28. The van der Waals surface area contributed by atoms with Crippen molar-refractivity contribution < 1.29 is 9.53 Å². The Kier molecular flexibility index (Phi) is 5.34. The second-order valence-corrected chi connectivity index (χ2v) is 7.22. The summed E-state index contributed by atoms with van der Waals surface area (Å²) in [5.41, 5.74) is 13.6. The number of aryl methyl sites for hydroxylation is 1. The minimum atomic E-state index is -0.412. The highest BCUT2D eigenvalue weighted by atomic mass is 16.5. The number of rotatable bonds is 5. The first-order valence-corrected chi connectivity index (χ1v) is 9.75. The van der Waals surface area contributed by atoms with Gasteiger partial charge in [-0.15, -0.1) is 0 Å². The summed E-state index contributed by atoms with van der Waals surface area (Å²) in [5, 5.41) is 2.78. The predicted molar refractivity (Wildman–Crippen MR) is 118 cm³/mol. The van der Waals surface area contributed by atoms with Crippen LogP contribution in [0.25, 0.3) is 17.2 Å². The van der Waals surface area contributed by atoms with Crippen molar-refractivity contribution >= 4 is 17.9 Å². The molecule has 0 unspecified atom stereocenters. The van der Waals surface area contributed by atoms with Crippen LogP contribution in [0.15, 0.2) is 72.8 Å². The van der Waals surface area contributed by atoms with Gasteiger partial charge in [-0.3, -0.25) is 0 Å². The van der Waals surface area contributed by atoms with Crippen molar-refractivity contribution in [2.24, 2.45) is 0 Å². The number of fused-ring (bicyclic) bond motifs is 3. The quantitative estimate of drug-likeness (QED) is 0.600. The van der Waals surface area contributed by atoms with Crippen LogP contribution in [0.4, 0.5) is 10.5 Å². The molecule has 0 saturated heterocycles. The summed E-state index contributed by atoms with van der Waals surface area (Å²) in [6.07, 6.45) is 3.44. The number of hydrogen-bond donors (Lipinski definition) is 2. The lowest BCUT2D eigenvalue weighted by molar-refractivity contribution is 0.144. The van der Waals surface area contributed by atoms with E-state index in [0.717, 1.165) is 16.8 Å². The smallest absolute Gasteiger partial charge is 0.407 e. The number of nitrogens with one attached hydrogen (secondary N) is 1. The van der Waals surface area contributed by atoms with Crippen LogP contribution in [0.2, 0.25) is 0 Å². The maximum atomic E-state index is 12.2. The molecule has 0 heterocycles. The first-order valence-electron chi connectivity index (χ1n) is 9.75. The monoisotopic (exact) mass is 384 g/mol. The van der Waals surface area contributed by atoms with E-state index in [1.807, 2.05) is 61.5 Å². The number of nitrogens with two attached hydrogens (primary N) is 1.